The highest BCUT2D eigenvalue weighted by Crippen LogP contribution is 1.85. The molecule has 0 aliphatic carbocycles. The van der Waals surface area contributed by atoms with Gasteiger partial charge in [-0.15, -0.1) is 6.58 Å². The van der Waals surface area contributed by atoms with E-state index in [2.05, 4.69) is 17.9 Å². The Labute approximate surface area is 60.2 Å². The lowest BCUT2D eigenvalue weighted by atomic mass is 10.3. The fourth-order valence-corrected chi connectivity index (χ4v) is 0.334. The van der Waals surface area contributed by atoms with Crippen molar-refractivity contribution in [2.24, 2.45) is 5.73 Å². The van der Waals surface area contributed by atoms with Gasteiger partial charge >= 0.3 is 5.97 Å². The molecule has 0 bridgehead atoms. The molecule has 0 amide bonds. The van der Waals surface area contributed by atoms with Crippen molar-refractivity contribution >= 4 is 5.97 Å². The lowest BCUT2D eigenvalue weighted by molar-refractivity contribution is -0.142. The monoisotopic (exact) mass is 141 g/mol. The van der Waals surface area contributed by atoms with Gasteiger partial charge in [0, 0.05) is 0 Å². The summed E-state index contributed by atoms with van der Waals surface area (Å²) in [5.41, 5.74) is 5.23. The standard InChI is InChI=1S/C7H11NO2/c1-3-5-10-7(9)6(8)4-2/h3-4,6H,1-2,5,8H2. The van der Waals surface area contributed by atoms with Crippen LogP contribution >= 0.6 is 0 Å². The summed E-state index contributed by atoms with van der Waals surface area (Å²) in [6.07, 6.45) is 2.80. The third-order valence-electron chi connectivity index (χ3n) is 0.870. The molecule has 56 valence electrons. The van der Waals surface area contributed by atoms with Crippen LogP contribution in [0.25, 0.3) is 0 Å². The van der Waals surface area contributed by atoms with Gasteiger partial charge in [0.2, 0.25) is 0 Å². The Morgan fingerprint density at radius 3 is 2.70 bits per heavy atom. The van der Waals surface area contributed by atoms with Gasteiger partial charge in [0.25, 0.3) is 0 Å². The molecule has 0 aliphatic heterocycles. The number of hydrogen-bond acceptors (Lipinski definition) is 3. The number of nitrogens with two attached hydrogens (primary N) is 1. The van der Waals surface area contributed by atoms with Crippen molar-refractivity contribution in [2.45, 2.75) is 6.04 Å². The first-order valence-electron chi connectivity index (χ1n) is 2.88. The first-order valence-corrected chi connectivity index (χ1v) is 2.88. The van der Waals surface area contributed by atoms with Gasteiger partial charge in [-0.2, -0.15) is 0 Å². The highest BCUT2D eigenvalue weighted by atomic mass is 16.5. The SMILES string of the molecule is C=CCOC(=O)C(N)C=C. The number of carbonyl (C=O) groups excluding carboxylic acids is 1. The molecule has 0 aliphatic rings. The van der Waals surface area contributed by atoms with Crippen LogP contribution in [0.1, 0.15) is 0 Å². The Bertz CT molecular complexity index is 143. The maximum absolute atomic E-state index is 10.7. The molecule has 0 aromatic carbocycles. The molecular weight excluding hydrogens is 130 g/mol. The molecule has 0 aromatic rings. The molecular formula is C7H11NO2. The Kier molecular flexibility index (Phi) is 4.24. The number of esters is 1. The summed E-state index contributed by atoms with van der Waals surface area (Å²) in [4.78, 5) is 10.7. The molecule has 0 aromatic heterocycles. The van der Waals surface area contributed by atoms with Crippen molar-refractivity contribution in [3.63, 3.8) is 0 Å². The lowest BCUT2D eigenvalue weighted by Gasteiger charge is -2.03. The molecule has 0 rings (SSSR count). The van der Waals surface area contributed by atoms with Gasteiger partial charge in [-0.3, -0.25) is 4.79 Å². The van der Waals surface area contributed by atoms with Gasteiger partial charge in [0.05, 0.1) is 0 Å². The van der Waals surface area contributed by atoms with E-state index in [0.29, 0.717) is 0 Å². The predicted molar refractivity (Wildman–Crippen MR) is 39.3 cm³/mol. The van der Waals surface area contributed by atoms with Crippen LogP contribution in [-0.2, 0) is 9.53 Å². The van der Waals surface area contributed by atoms with Crippen molar-refractivity contribution in [1.29, 1.82) is 0 Å². The molecule has 0 heterocycles. The van der Waals surface area contributed by atoms with E-state index in [1.807, 2.05) is 0 Å². The van der Waals surface area contributed by atoms with Crippen LogP contribution in [0.4, 0.5) is 0 Å². The molecule has 2 N–H and O–H groups in total. The third-order valence-corrected chi connectivity index (χ3v) is 0.870. The zero-order valence-corrected chi connectivity index (χ0v) is 5.75. The summed E-state index contributed by atoms with van der Waals surface area (Å²) in [5, 5.41) is 0. The highest BCUT2D eigenvalue weighted by molar-refractivity contribution is 5.77. The molecule has 1 unspecified atom stereocenters. The maximum Gasteiger partial charge on any atom is 0.327 e. The van der Waals surface area contributed by atoms with Crippen molar-refractivity contribution in [3.8, 4) is 0 Å². The normalized spacial score (nSPS) is 11.7. The van der Waals surface area contributed by atoms with Gasteiger partial charge in [0.1, 0.15) is 12.6 Å². The second-order valence-electron chi connectivity index (χ2n) is 1.68. The quantitative estimate of drug-likeness (QED) is 0.450. The van der Waals surface area contributed by atoms with Crippen LogP contribution < -0.4 is 5.73 Å². The van der Waals surface area contributed by atoms with E-state index in [0.717, 1.165) is 0 Å². The topological polar surface area (TPSA) is 52.3 Å². The molecule has 0 saturated carbocycles. The van der Waals surface area contributed by atoms with E-state index in [9.17, 15) is 4.79 Å². The fourth-order valence-electron chi connectivity index (χ4n) is 0.334. The minimum atomic E-state index is -0.722. The van der Waals surface area contributed by atoms with Crippen molar-refractivity contribution in [1.82, 2.24) is 0 Å². The second-order valence-corrected chi connectivity index (χ2v) is 1.68. The van der Waals surface area contributed by atoms with Gasteiger partial charge in [-0.05, 0) is 0 Å². The molecule has 10 heavy (non-hydrogen) atoms. The average molecular weight is 141 g/mol. The Hall–Kier alpha value is -1.09. The van der Waals surface area contributed by atoms with Crippen molar-refractivity contribution in [2.75, 3.05) is 6.61 Å². The smallest absolute Gasteiger partial charge is 0.327 e. The van der Waals surface area contributed by atoms with Gasteiger partial charge < -0.3 is 10.5 Å². The molecule has 3 heteroatoms. The van der Waals surface area contributed by atoms with Crippen LogP contribution in [0.5, 0.6) is 0 Å². The summed E-state index contributed by atoms with van der Waals surface area (Å²) in [6.45, 7) is 6.91. The molecule has 3 nitrogen and oxygen atoms in total. The molecule has 1 atom stereocenters. The fraction of sp³-hybridized carbons (Fsp3) is 0.286. The van der Waals surface area contributed by atoms with E-state index in [1.165, 1.54) is 12.2 Å². The largest absolute Gasteiger partial charge is 0.460 e. The van der Waals surface area contributed by atoms with Crippen LogP contribution in [0, 0.1) is 0 Å². The van der Waals surface area contributed by atoms with Crippen LogP contribution in [0.3, 0.4) is 0 Å². The zero-order chi connectivity index (χ0) is 7.98. The highest BCUT2D eigenvalue weighted by Gasteiger charge is 2.08. The minimum absolute atomic E-state index is 0.195. The van der Waals surface area contributed by atoms with E-state index in [-0.39, 0.29) is 6.61 Å². The van der Waals surface area contributed by atoms with Crippen LogP contribution in [-0.4, -0.2) is 18.6 Å². The summed E-state index contributed by atoms with van der Waals surface area (Å²) in [5.74, 6) is -0.477. The average Bonchev–Trinajstić information content (AvgIpc) is 1.98. The summed E-state index contributed by atoms with van der Waals surface area (Å²) < 4.78 is 4.59. The van der Waals surface area contributed by atoms with Gasteiger partial charge in [-0.1, -0.05) is 18.7 Å². The lowest BCUT2D eigenvalue weighted by Crippen LogP contribution is -2.29. The predicted octanol–water partition coefficient (Wildman–Crippen LogP) is 0.229. The Morgan fingerprint density at radius 2 is 2.30 bits per heavy atom. The van der Waals surface area contributed by atoms with Crippen molar-refractivity contribution < 1.29 is 9.53 Å². The minimum Gasteiger partial charge on any atom is -0.460 e. The van der Waals surface area contributed by atoms with E-state index in [4.69, 9.17) is 5.73 Å². The van der Waals surface area contributed by atoms with Crippen LogP contribution in [0.15, 0.2) is 25.3 Å². The zero-order valence-electron chi connectivity index (χ0n) is 5.75. The molecule has 0 saturated heterocycles. The number of rotatable bonds is 4. The van der Waals surface area contributed by atoms with Gasteiger partial charge in [0.15, 0.2) is 0 Å². The molecule has 0 radical (unpaired) electrons. The summed E-state index contributed by atoms with van der Waals surface area (Å²) >= 11 is 0. The van der Waals surface area contributed by atoms with Gasteiger partial charge in [-0.25, -0.2) is 0 Å². The summed E-state index contributed by atoms with van der Waals surface area (Å²) in [6, 6.07) is -0.722. The Balaban J connectivity index is 3.61. The van der Waals surface area contributed by atoms with E-state index in [1.54, 1.807) is 0 Å². The van der Waals surface area contributed by atoms with Crippen LogP contribution in [0.2, 0.25) is 0 Å². The molecule has 0 fully saturated rings. The first kappa shape index (κ1) is 8.91. The van der Waals surface area contributed by atoms with Crippen molar-refractivity contribution in [3.05, 3.63) is 25.3 Å². The van der Waals surface area contributed by atoms with E-state index >= 15 is 0 Å². The van der Waals surface area contributed by atoms with E-state index < -0.39 is 12.0 Å². The number of carbonyl (C=O) groups is 1. The first-order chi connectivity index (χ1) is 4.72. The summed E-state index contributed by atoms with van der Waals surface area (Å²) in [7, 11) is 0. The number of ether oxygens (including phenoxy) is 1. The number of hydrogen-bond donors (Lipinski definition) is 1. The molecule has 0 spiro atoms. The second kappa shape index (κ2) is 4.76. The Morgan fingerprint density at radius 1 is 1.70 bits per heavy atom. The third kappa shape index (κ3) is 3.04. The maximum atomic E-state index is 10.7.